The molecule has 0 saturated heterocycles. The second kappa shape index (κ2) is 8.86. The van der Waals surface area contributed by atoms with Gasteiger partial charge in [-0.2, -0.15) is 0 Å². The van der Waals surface area contributed by atoms with Crippen molar-refractivity contribution in [2.24, 2.45) is 16.1 Å². The van der Waals surface area contributed by atoms with E-state index < -0.39 is 0 Å². The molecule has 0 aromatic heterocycles. The molecular formula is C23H26N2OSe. The first-order valence-electron chi connectivity index (χ1n) is 9.81. The van der Waals surface area contributed by atoms with Crippen LogP contribution in [0, 0.1) is 12.8 Å². The average Bonchev–Trinajstić information content (AvgIpc) is 3.18. The van der Waals surface area contributed by atoms with Crippen LogP contribution in [0.2, 0.25) is 4.82 Å². The Bertz CT molecular complexity index is 801. The number of aryl methyl sites for hydroxylation is 1. The Hall–Kier alpha value is -1.90. The fraction of sp³-hybridized carbons (Fsp3) is 0.391. The van der Waals surface area contributed by atoms with Gasteiger partial charge in [-0.15, -0.1) is 0 Å². The number of hydrogen-bond donors (Lipinski definition) is 0. The van der Waals surface area contributed by atoms with Gasteiger partial charge in [-0.05, 0) is 0 Å². The van der Waals surface area contributed by atoms with Crippen LogP contribution < -0.4 is 9.20 Å². The summed E-state index contributed by atoms with van der Waals surface area (Å²) in [7, 11) is 0. The Kier molecular flexibility index (Phi) is 6.06. The van der Waals surface area contributed by atoms with E-state index in [2.05, 4.69) is 65.7 Å². The van der Waals surface area contributed by atoms with Crippen LogP contribution in [0.5, 0.6) is 5.75 Å². The molecule has 3 atom stereocenters. The molecule has 4 heteroatoms. The molecule has 2 aromatic carbocycles. The van der Waals surface area contributed by atoms with Gasteiger partial charge in [-0.3, -0.25) is 0 Å². The van der Waals surface area contributed by atoms with Crippen molar-refractivity contribution in [3.63, 3.8) is 0 Å². The molecule has 0 spiro atoms. The van der Waals surface area contributed by atoms with Gasteiger partial charge < -0.3 is 0 Å². The third kappa shape index (κ3) is 4.88. The minimum absolute atomic E-state index is 0.234. The van der Waals surface area contributed by atoms with Crippen molar-refractivity contribution in [1.29, 1.82) is 0 Å². The number of nitrogens with zero attached hydrogens (tertiary/aromatic N) is 2. The number of hydrogen-bond acceptors (Lipinski definition) is 3. The van der Waals surface area contributed by atoms with Gasteiger partial charge in [0.05, 0.1) is 0 Å². The predicted molar refractivity (Wildman–Crippen MR) is 111 cm³/mol. The summed E-state index contributed by atoms with van der Waals surface area (Å²) in [6.45, 7) is 2.59. The van der Waals surface area contributed by atoms with Crippen LogP contribution in [0.1, 0.15) is 31.2 Å². The molecule has 2 aliphatic rings. The summed E-state index contributed by atoms with van der Waals surface area (Å²) in [4.78, 5) is 0.756. The molecule has 0 amide bonds. The second-order valence-corrected chi connectivity index (χ2v) is 10.1. The van der Waals surface area contributed by atoms with Crippen molar-refractivity contribution in [2.75, 3.05) is 6.61 Å². The van der Waals surface area contributed by atoms with E-state index >= 15 is 0 Å². The Morgan fingerprint density at radius 2 is 1.78 bits per heavy atom. The Morgan fingerprint density at radius 1 is 1.00 bits per heavy atom. The molecule has 2 aromatic rings. The molecule has 1 aliphatic heterocycles. The minimum atomic E-state index is 0.234. The van der Waals surface area contributed by atoms with Crippen LogP contribution in [0.25, 0.3) is 0 Å². The van der Waals surface area contributed by atoms with Gasteiger partial charge >= 0.3 is 168 Å². The van der Waals surface area contributed by atoms with Crippen LogP contribution in [0.15, 0.2) is 76.6 Å². The summed E-state index contributed by atoms with van der Waals surface area (Å²) in [6, 6.07) is 19.4. The Balaban J connectivity index is 1.38. The number of benzene rings is 2. The van der Waals surface area contributed by atoms with Crippen LogP contribution in [-0.2, 0) is 0 Å². The van der Waals surface area contributed by atoms with E-state index in [1.165, 1.54) is 35.7 Å². The SMILES string of the molecule is Cc1ccc(OCC2=CC([C@@H]3CCCC[C@H]3[Se]c3ccccc3)N=N2)cc1. The molecule has 1 saturated carbocycles. The molecule has 0 bridgehead atoms. The number of rotatable bonds is 6. The first kappa shape index (κ1) is 18.5. The monoisotopic (exact) mass is 426 g/mol. The second-order valence-electron chi connectivity index (χ2n) is 7.38. The van der Waals surface area contributed by atoms with E-state index in [1.54, 1.807) is 0 Å². The van der Waals surface area contributed by atoms with Gasteiger partial charge in [0.1, 0.15) is 0 Å². The molecule has 4 rings (SSSR count). The van der Waals surface area contributed by atoms with E-state index in [-0.39, 0.29) is 6.04 Å². The van der Waals surface area contributed by atoms with Gasteiger partial charge in [-0.1, -0.05) is 0 Å². The van der Waals surface area contributed by atoms with E-state index in [0.29, 0.717) is 27.5 Å². The summed E-state index contributed by atoms with van der Waals surface area (Å²) in [5.74, 6) is 1.52. The van der Waals surface area contributed by atoms with Gasteiger partial charge in [0.15, 0.2) is 0 Å². The van der Waals surface area contributed by atoms with Crippen molar-refractivity contribution in [2.45, 2.75) is 43.5 Å². The molecule has 1 fully saturated rings. The normalized spacial score (nSPS) is 24.6. The van der Waals surface area contributed by atoms with Crippen molar-refractivity contribution in [3.05, 3.63) is 71.9 Å². The zero-order chi connectivity index (χ0) is 18.5. The zero-order valence-electron chi connectivity index (χ0n) is 15.8. The fourth-order valence-corrected chi connectivity index (χ4v) is 6.80. The van der Waals surface area contributed by atoms with Crippen molar-refractivity contribution in [3.8, 4) is 5.75 Å². The van der Waals surface area contributed by atoms with E-state index in [1.807, 2.05) is 12.1 Å². The standard InChI is InChI=1S/C23H26N2OSe/c1-17-11-13-19(14-12-17)26-16-18-15-22(25-24-18)21-9-5-6-10-23(21)27-20-7-3-2-4-8-20/h2-4,7-8,11-15,21-23H,5-6,9-10,16H2,1H3/t21-,22?,23+/m0/s1. The third-order valence-corrected chi connectivity index (χ3v) is 8.32. The molecule has 0 N–H and O–H groups in total. The summed E-state index contributed by atoms with van der Waals surface area (Å²) >= 11 is 0.511. The molecule has 1 unspecified atom stereocenters. The fourth-order valence-electron chi connectivity index (χ4n) is 3.82. The maximum atomic E-state index is 5.88. The van der Waals surface area contributed by atoms with Gasteiger partial charge in [0, 0.05) is 0 Å². The third-order valence-electron chi connectivity index (χ3n) is 5.31. The van der Waals surface area contributed by atoms with E-state index in [9.17, 15) is 0 Å². The summed E-state index contributed by atoms with van der Waals surface area (Å²) in [6.07, 6.45) is 7.52. The molecular weight excluding hydrogens is 399 g/mol. The Morgan fingerprint density at radius 3 is 2.59 bits per heavy atom. The molecule has 140 valence electrons. The van der Waals surface area contributed by atoms with Crippen LogP contribution in [-0.4, -0.2) is 27.6 Å². The van der Waals surface area contributed by atoms with Gasteiger partial charge in [0.25, 0.3) is 0 Å². The summed E-state index contributed by atoms with van der Waals surface area (Å²) in [5, 5.41) is 9.06. The topological polar surface area (TPSA) is 34.0 Å². The van der Waals surface area contributed by atoms with Crippen molar-refractivity contribution in [1.82, 2.24) is 0 Å². The van der Waals surface area contributed by atoms with Crippen LogP contribution in [0.4, 0.5) is 0 Å². The zero-order valence-corrected chi connectivity index (χ0v) is 17.5. The van der Waals surface area contributed by atoms with E-state index in [4.69, 9.17) is 4.74 Å². The van der Waals surface area contributed by atoms with Crippen molar-refractivity contribution >= 4 is 19.4 Å². The molecule has 3 nitrogen and oxygen atoms in total. The predicted octanol–water partition coefficient (Wildman–Crippen LogP) is 5.10. The number of azo groups is 1. The van der Waals surface area contributed by atoms with Gasteiger partial charge in [-0.25, -0.2) is 0 Å². The maximum absolute atomic E-state index is 5.88. The van der Waals surface area contributed by atoms with E-state index in [0.717, 1.165) is 16.3 Å². The first-order chi connectivity index (χ1) is 13.3. The Labute approximate surface area is 168 Å². The average molecular weight is 425 g/mol. The molecule has 1 heterocycles. The quantitative estimate of drug-likeness (QED) is 0.593. The molecule has 1 aliphatic carbocycles. The van der Waals surface area contributed by atoms with Crippen LogP contribution >= 0.6 is 0 Å². The number of ether oxygens (including phenoxy) is 1. The van der Waals surface area contributed by atoms with Crippen LogP contribution in [0.3, 0.4) is 0 Å². The summed E-state index contributed by atoms with van der Waals surface area (Å²) in [5.41, 5.74) is 2.21. The molecule has 0 radical (unpaired) electrons. The summed E-state index contributed by atoms with van der Waals surface area (Å²) < 4.78 is 7.39. The van der Waals surface area contributed by atoms with Crippen molar-refractivity contribution < 1.29 is 4.74 Å². The first-order valence-corrected chi connectivity index (χ1v) is 11.7. The molecule has 27 heavy (non-hydrogen) atoms. The van der Waals surface area contributed by atoms with Gasteiger partial charge in [0.2, 0.25) is 0 Å².